The Morgan fingerprint density at radius 3 is 2.80 bits per heavy atom. The fraction of sp³-hybridized carbons (Fsp3) is 0.455. The summed E-state index contributed by atoms with van der Waals surface area (Å²) in [5.74, 6) is -0.0872. The highest BCUT2D eigenvalue weighted by Crippen LogP contribution is 2.42. The summed E-state index contributed by atoms with van der Waals surface area (Å²) in [6.45, 7) is 0. The van der Waals surface area contributed by atoms with Gasteiger partial charge in [-0.3, -0.25) is 4.79 Å². The minimum absolute atomic E-state index is 0.0872. The molecule has 0 unspecified atom stereocenters. The Kier molecular flexibility index (Phi) is 2.24. The molecular formula is C11H13N3O. The van der Waals surface area contributed by atoms with Crippen molar-refractivity contribution in [2.75, 3.05) is 11.9 Å². The van der Waals surface area contributed by atoms with Crippen LogP contribution in [0.4, 0.5) is 5.69 Å². The molecule has 1 amide bonds. The molecule has 2 rings (SSSR count). The van der Waals surface area contributed by atoms with Crippen molar-refractivity contribution in [3.63, 3.8) is 0 Å². The number of carbonyl (C=O) groups is 1. The second-order valence-corrected chi connectivity index (χ2v) is 3.98. The molecule has 1 saturated carbocycles. The summed E-state index contributed by atoms with van der Waals surface area (Å²) in [4.78, 5) is 16.5. The van der Waals surface area contributed by atoms with E-state index in [-0.39, 0.29) is 5.91 Å². The van der Waals surface area contributed by atoms with E-state index in [4.69, 9.17) is 5.26 Å². The number of carbonyl (C=O) groups excluding carboxylic acids is 1. The summed E-state index contributed by atoms with van der Waals surface area (Å²) in [7, 11) is 1.71. The maximum Gasteiger partial charge on any atom is 0.247 e. The fourth-order valence-corrected chi connectivity index (χ4v) is 1.87. The zero-order chi connectivity index (χ0) is 10.9. The fourth-order valence-electron chi connectivity index (χ4n) is 1.87. The number of H-pyrrole nitrogens is 1. The maximum atomic E-state index is 12.1. The van der Waals surface area contributed by atoms with Crippen molar-refractivity contribution in [2.45, 2.75) is 19.3 Å². The minimum atomic E-state index is -0.758. The quantitative estimate of drug-likeness (QED) is 0.794. The maximum absolute atomic E-state index is 12.1. The van der Waals surface area contributed by atoms with Crippen LogP contribution in [0.2, 0.25) is 0 Å². The van der Waals surface area contributed by atoms with Crippen LogP contribution in [-0.4, -0.2) is 17.9 Å². The van der Waals surface area contributed by atoms with Crippen LogP contribution in [0.1, 0.15) is 19.3 Å². The molecule has 1 aromatic rings. The van der Waals surface area contributed by atoms with Crippen LogP contribution >= 0.6 is 0 Å². The van der Waals surface area contributed by atoms with Crippen molar-refractivity contribution in [1.82, 2.24) is 4.98 Å². The SMILES string of the molecule is CN(C(=O)C1(C#N)CCC1)c1cc[nH]c1. The Bertz CT molecular complexity index is 398. The molecule has 78 valence electrons. The van der Waals surface area contributed by atoms with Gasteiger partial charge in [0.2, 0.25) is 5.91 Å². The highest BCUT2D eigenvalue weighted by atomic mass is 16.2. The topological polar surface area (TPSA) is 59.9 Å². The van der Waals surface area contributed by atoms with Crippen molar-refractivity contribution in [1.29, 1.82) is 5.26 Å². The van der Waals surface area contributed by atoms with Crippen LogP contribution in [0.25, 0.3) is 0 Å². The van der Waals surface area contributed by atoms with E-state index in [1.54, 1.807) is 24.3 Å². The van der Waals surface area contributed by atoms with Crippen molar-refractivity contribution < 1.29 is 4.79 Å². The number of aromatic amines is 1. The Balaban J connectivity index is 2.18. The second kappa shape index (κ2) is 3.43. The second-order valence-electron chi connectivity index (χ2n) is 3.98. The van der Waals surface area contributed by atoms with Crippen LogP contribution in [0.15, 0.2) is 18.5 Å². The predicted octanol–water partition coefficient (Wildman–Crippen LogP) is 1.67. The van der Waals surface area contributed by atoms with Crippen molar-refractivity contribution in [3.05, 3.63) is 18.5 Å². The Morgan fingerprint density at radius 2 is 2.40 bits per heavy atom. The molecule has 1 aliphatic carbocycles. The van der Waals surface area contributed by atoms with Crippen LogP contribution in [-0.2, 0) is 4.79 Å². The summed E-state index contributed by atoms with van der Waals surface area (Å²) < 4.78 is 0. The number of anilines is 1. The number of amides is 1. The first-order valence-corrected chi connectivity index (χ1v) is 5.02. The molecule has 1 aromatic heterocycles. The molecule has 4 heteroatoms. The van der Waals surface area contributed by atoms with Gasteiger partial charge in [-0.1, -0.05) is 0 Å². The number of nitrogens with one attached hydrogen (secondary N) is 1. The molecule has 0 aliphatic heterocycles. The van der Waals surface area contributed by atoms with E-state index >= 15 is 0 Å². The van der Waals surface area contributed by atoms with E-state index in [1.807, 2.05) is 6.07 Å². The van der Waals surface area contributed by atoms with Gasteiger partial charge in [0.15, 0.2) is 0 Å². The Labute approximate surface area is 88.5 Å². The Morgan fingerprint density at radius 1 is 1.67 bits per heavy atom. The molecule has 0 atom stereocenters. The number of aromatic nitrogens is 1. The summed E-state index contributed by atoms with van der Waals surface area (Å²) in [5, 5.41) is 9.05. The molecule has 1 fully saturated rings. The van der Waals surface area contributed by atoms with E-state index < -0.39 is 5.41 Å². The average Bonchev–Trinajstić information content (AvgIpc) is 2.68. The van der Waals surface area contributed by atoms with Gasteiger partial charge in [-0.15, -0.1) is 0 Å². The van der Waals surface area contributed by atoms with Gasteiger partial charge in [-0.2, -0.15) is 5.26 Å². The van der Waals surface area contributed by atoms with Gasteiger partial charge in [0, 0.05) is 19.4 Å². The first kappa shape index (κ1) is 9.78. The van der Waals surface area contributed by atoms with Gasteiger partial charge >= 0.3 is 0 Å². The van der Waals surface area contributed by atoms with Crippen molar-refractivity contribution in [2.24, 2.45) is 5.41 Å². The zero-order valence-corrected chi connectivity index (χ0v) is 8.66. The van der Waals surface area contributed by atoms with E-state index in [1.165, 1.54) is 0 Å². The van der Waals surface area contributed by atoms with Gasteiger partial charge in [0.1, 0.15) is 5.41 Å². The largest absolute Gasteiger partial charge is 0.366 e. The molecule has 15 heavy (non-hydrogen) atoms. The Hall–Kier alpha value is -1.76. The minimum Gasteiger partial charge on any atom is -0.366 e. The van der Waals surface area contributed by atoms with Crippen LogP contribution in [0.3, 0.4) is 0 Å². The van der Waals surface area contributed by atoms with Gasteiger partial charge in [0.25, 0.3) is 0 Å². The number of rotatable bonds is 2. The standard InChI is InChI=1S/C11H13N3O/c1-14(9-3-6-13-7-9)10(15)11(8-12)4-2-5-11/h3,6-7,13H,2,4-5H2,1H3. The highest BCUT2D eigenvalue weighted by molar-refractivity contribution is 5.99. The van der Waals surface area contributed by atoms with Gasteiger partial charge in [-0.25, -0.2) is 0 Å². The predicted molar refractivity (Wildman–Crippen MR) is 56.1 cm³/mol. The molecule has 0 spiro atoms. The lowest BCUT2D eigenvalue weighted by Crippen LogP contribution is -2.45. The van der Waals surface area contributed by atoms with E-state index in [0.717, 1.165) is 12.1 Å². The van der Waals surface area contributed by atoms with Crippen molar-refractivity contribution in [3.8, 4) is 6.07 Å². The molecule has 1 aliphatic rings. The third-order valence-corrected chi connectivity index (χ3v) is 3.10. The monoisotopic (exact) mass is 203 g/mol. The van der Waals surface area contributed by atoms with Crippen LogP contribution in [0, 0.1) is 16.7 Å². The lowest BCUT2D eigenvalue weighted by atomic mass is 9.69. The van der Waals surface area contributed by atoms with E-state index in [9.17, 15) is 4.79 Å². The van der Waals surface area contributed by atoms with Crippen molar-refractivity contribution >= 4 is 11.6 Å². The average molecular weight is 203 g/mol. The van der Waals surface area contributed by atoms with Gasteiger partial charge < -0.3 is 9.88 Å². The van der Waals surface area contributed by atoms with Crippen LogP contribution in [0.5, 0.6) is 0 Å². The third-order valence-electron chi connectivity index (χ3n) is 3.10. The molecule has 0 saturated heterocycles. The lowest BCUT2D eigenvalue weighted by Gasteiger charge is -2.36. The summed E-state index contributed by atoms with van der Waals surface area (Å²) in [6, 6.07) is 3.98. The lowest BCUT2D eigenvalue weighted by molar-refractivity contribution is -0.128. The number of hydrogen-bond acceptors (Lipinski definition) is 2. The summed E-state index contributed by atoms with van der Waals surface area (Å²) in [6.07, 6.45) is 5.87. The normalized spacial score (nSPS) is 17.6. The molecule has 0 radical (unpaired) electrons. The first-order valence-electron chi connectivity index (χ1n) is 5.02. The number of nitriles is 1. The smallest absolute Gasteiger partial charge is 0.247 e. The highest BCUT2D eigenvalue weighted by Gasteiger charge is 2.46. The first-order chi connectivity index (χ1) is 7.19. The molecular weight excluding hydrogens is 190 g/mol. The van der Waals surface area contributed by atoms with Gasteiger partial charge in [-0.05, 0) is 25.3 Å². The third kappa shape index (κ3) is 1.40. The molecule has 0 bridgehead atoms. The van der Waals surface area contributed by atoms with E-state index in [2.05, 4.69) is 11.1 Å². The van der Waals surface area contributed by atoms with Crippen LogP contribution < -0.4 is 4.90 Å². The molecule has 1 N–H and O–H groups in total. The zero-order valence-electron chi connectivity index (χ0n) is 8.66. The molecule has 0 aromatic carbocycles. The molecule has 4 nitrogen and oxygen atoms in total. The van der Waals surface area contributed by atoms with E-state index in [0.29, 0.717) is 12.8 Å². The number of nitrogens with zero attached hydrogens (tertiary/aromatic N) is 2. The number of hydrogen-bond donors (Lipinski definition) is 1. The summed E-state index contributed by atoms with van der Waals surface area (Å²) >= 11 is 0. The van der Waals surface area contributed by atoms with Gasteiger partial charge in [0.05, 0.1) is 11.8 Å². The summed E-state index contributed by atoms with van der Waals surface area (Å²) in [5.41, 5.74) is 0.0491. The molecule has 1 heterocycles.